The Hall–Kier alpha value is -2.94. The smallest absolute Gasteiger partial charge is 0.316 e. The molecule has 2 aromatic rings. The quantitative estimate of drug-likeness (QED) is 0.863. The molecule has 0 saturated carbocycles. The van der Waals surface area contributed by atoms with E-state index in [4.69, 9.17) is 14.0 Å². The average molecular weight is 346 g/mol. The Bertz CT molecular complexity index is 737. The van der Waals surface area contributed by atoms with E-state index in [1.54, 1.807) is 29.2 Å². The molecule has 25 heavy (non-hydrogen) atoms. The lowest BCUT2D eigenvalue weighted by atomic mass is 10.3. The number of morpholine rings is 1. The summed E-state index contributed by atoms with van der Waals surface area (Å²) in [5, 5.41) is 6.42. The summed E-state index contributed by atoms with van der Waals surface area (Å²) in [5.74, 6) is 0.364. The van der Waals surface area contributed by atoms with E-state index < -0.39 is 0 Å². The van der Waals surface area contributed by atoms with Crippen LogP contribution in [0.1, 0.15) is 23.4 Å². The van der Waals surface area contributed by atoms with Gasteiger partial charge in [-0.3, -0.25) is 9.59 Å². The number of nitrogens with zero attached hydrogens (tertiary/aromatic N) is 3. The summed E-state index contributed by atoms with van der Waals surface area (Å²) in [6.07, 6.45) is 0. The maximum absolute atomic E-state index is 12.2. The van der Waals surface area contributed by atoms with E-state index in [1.165, 1.54) is 6.92 Å². The van der Waals surface area contributed by atoms with E-state index in [0.717, 1.165) is 0 Å². The summed E-state index contributed by atoms with van der Waals surface area (Å²) in [6, 6.07) is 6.87. The minimum Gasteiger partial charge on any atom is -0.485 e. The maximum Gasteiger partial charge on any atom is 0.316 e. The molecule has 9 heteroatoms. The molecule has 3 rings (SSSR count). The largest absolute Gasteiger partial charge is 0.485 e. The second-order valence-corrected chi connectivity index (χ2v) is 5.41. The molecule has 1 saturated heterocycles. The zero-order valence-electron chi connectivity index (χ0n) is 13.7. The van der Waals surface area contributed by atoms with Crippen LogP contribution in [-0.4, -0.2) is 53.2 Å². The Labute approximate surface area is 143 Å². The first-order chi connectivity index (χ1) is 12.1. The summed E-state index contributed by atoms with van der Waals surface area (Å²) >= 11 is 0. The molecule has 132 valence electrons. The molecule has 1 fully saturated rings. The van der Waals surface area contributed by atoms with Gasteiger partial charge in [-0.1, -0.05) is 5.16 Å². The van der Waals surface area contributed by atoms with Gasteiger partial charge >= 0.3 is 11.8 Å². The van der Waals surface area contributed by atoms with Crippen molar-refractivity contribution in [3.63, 3.8) is 0 Å². The zero-order valence-corrected chi connectivity index (χ0v) is 13.7. The van der Waals surface area contributed by atoms with Crippen molar-refractivity contribution in [1.82, 2.24) is 15.0 Å². The minimum atomic E-state index is -0.304. The van der Waals surface area contributed by atoms with Gasteiger partial charge in [-0.25, -0.2) is 0 Å². The number of hydrogen-bond acceptors (Lipinski definition) is 7. The number of carbonyl (C=O) groups excluding carboxylic acids is 2. The van der Waals surface area contributed by atoms with Crippen LogP contribution in [0.25, 0.3) is 0 Å². The molecule has 0 unspecified atom stereocenters. The van der Waals surface area contributed by atoms with E-state index in [0.29, 0.717) is 37.7 Å². The highest BCUT2D eigenvalue weighted by molar-refractivity contribution is 5.89. The summed E-state index contributed by atoms with van der Waals surface area (Å²) in [6.45, 7) is 3.53. The Morgan fingerprint density at radius 1 is 1.24 bits per heavy atom. The average Bonchev–Trinajstić information content (AvgIpc) is 3.10. The van der Waals surface area contributed by atoms with Gasteiger partial charge < -0.3 is 24.2 Å². The lowest BCUT2D eigenvalue weighted by molar-refractivity contribution is -0.114. The Morgan fingerprint density at radius 3 is 2.64 bits per heavy atom. The molecule has 1 aliphatic heterocycles. The number of carbonyl (C=O) groups is 2. The highest BCUT2D eigenvalue weighted by Crippen LogP contribution is 2.16. The highest BCUT2D eigenvalue weighted by Gasteiger charge is 2.24. The van der Waals surface area contributed by atoms with Gasteiger partial charge in [0.25, 0.3) is 0 Å². The first-order valence-corrected chi connectivity index (χ1v) is 7.82. The third-order valence-electron chi connectivity index (χ3n) is 3.49. The molecule has 0 spiro atoms. The first kappa shape index (κ1) is 16.9. The Morgan fingerprint density at radius 2 is 1.96 bits per heavy atom. The number of benzene rings is 1. The number of amides is 2. The van der Waals surface area contributed by atoms with Crippen molar-refractivity contribution in [3.8, 4) is 5.75 Å². The number of hydrogen-bond donors (Lipinski definition) is 1. The van der Waals surface area contributed by atoms with Gasteiger partial charge in [0, 0.05) is 25.7 Å². The predicted octanol–water partition coefficient (Wildman–Crippen LogP) is 1.08. The molecule has 1 aromatic carbocycles. The molecule has 0 atom stereocenters. The maximum atomic E-state index is 12.2. The van der Waals surface area contributed by atoms with Gasteiger partial charge in [-0.05, 0) is 24.3 Å². The van der Waals surface area contributed by atoms with Crippen LogP contribution in [0, 0.1) is 0 Å². The molecule has 2 heterocycles. The fourth-order valence-electron chi connectivity index (χ4n) is 2.29. The first-order valence-electron chi connectivity index (χ1n) is 7.82. The van der Waals surface area contributed by atoms with Crippen LogP contribution in [0.5, 0.6) is 5.75 Å². The van der Waals surface area contributed by atoms with Gasteiger partial charge in [-0.15, -0.1) is 0 Å². The summed E-state index contributed by atoms with van der Waals surface area (Å²) in [5.41, 5.74) is 0.679. The molecule has 1 N–H and O–H groups in total. The van der Waals surface area contributed by atoms with Crippen molar-refractivity contribution in [2.24, 2.45) is 0 Å². The van der Waals surface area contributed by atoms with Gasteiger partial charge in [0.05, 0.1) is 13.2 Å². The van der Waals surface area contributed by atoms with E-state index in [2.05, 4.69) is 15.5 Å². The Kier molecular flexibility index (Phi) is 5.24. The zero-order chi connectivity index (χ0) is 17.6. The molecule has 1 aromatic heterocycles. The van der Waals surface area contributed by atoms with E-state index in [9.17, 15) is 9.59 Å². The lowest BCUT2D eigenvalue weighted by Crippen LogP contribution is -2.40. The van der Waals surface area contributed by atoms with Crippen LogP contribution in [0.15, 0.2) is 28.8 Å². The summed E-state index contributed by atoms with van der Waals surface area (Å²) < 4.78 is 15.8. The molecule has 0 aliphatic carbocycles. The third kappa shape index (κ3) is 4.54. The second kappa shape index (κ2) is 7.75. The fourth-order valence-corrected chi connectivity index (χ4v) is 2.29. The van der Waals surface area contributed by atoms with Crippen molar-refractivity contribution in [2.45, 2.75) is 13.5 Å². The molecular weight excluding hydrogens is 328 g/mol. The molecule has 1 aliphatic rings. The lowest BCUT2D eigenvalue weighted by Gasteiger charge is -2.25. The van der Waals surface area contributed by atoms with Crippen molar-refractivity contribution < 1.29 is 23.6 Å². The molecule has 9 nitrogen and oxygen atoms in total. The summed E-state index contributed by atoms with van der Waals surface area (Å²) in [7, 11) is 0. The second-order valence-electron chi connectivity index (χ2n) is 5.41. The van der Waals surface area contributed by atoms with Crippen molar-refractivity contribution >= 4 is 17.5 Å². The number of ether oxygens (including phenoxy) is 2. The SMILES string of the molecule is CC(=O)Nc1ccc(OCc2noc(C(=O)N3CCOCC3)n2)cc1. The molecule has 0 bridgehead atoms. The standard InChI is InChI=1S/C16H18N4O5/c1-11(21)17-12-2-4-13(5-3-12)24-10-14-18-15(25-19-14)16(22)20-6-8-23-9-7-20/h2-5H,6-10H2,1H3,(H,17,21). The van der Waals surface area contributed by atoms with E-state index in [-0.39, 0.29) is 30.1 Å². The number of aromatic nitrogens is 2. The minimum absolute atomic E-state index is 0.0542. The van der Waals surface area contributed by atoms with Gasteiger partial charge in [-0.2, -0.15) is 4.98 Å². The van der Waals surface area contributed by atoms with Gasteiger partial charge in [0.15, 0.2) is 6.61 Å². The molecule has 0 radical (unpaired) electrons. The fraction of sp³-hybridized carbons (Fsp3) is 0.375. The monoisotopic (exact) mass is 346 g/mol. The topological polar surface area (TPSA) is 107 Å². The highest BCUT2D eigenvalue weighted by atomic mass is 16.5. The van der Waals surface area contributed by atoms with E-state index in [1.807, 2.05) is 0 Å². The van der Waals surface area contributed by atoms with Crippen LogP contribution in [0.2, 0.25) is 0 Å². The van der Waals surface area contributed by atoms with Crippen LogP contribution in [0.4, 0.5) is 5.69 Å². The van der Waals surface area contributed by atoms with Crippen molar-refractivity contribution in [2.75, 3.05) is 31.6 Å². The summed E-state index contributed by atoms with van der Waals surface area (Å²) in [4.78, 5) is 28.9. The van der Waals surface area contributed by atoms with Crippen LogP contribution >= 0.6 is 0 Å². The number of rotatable bonds is 5. The van der Waals surface area contributed by atoms with Gasteiger partial charge in [0.2, 0.25) is 11.7 Å². The normalized spacial score (nSPS) is 14.2. The van der Waals surface area contributed by atoms with E-state index >= 15 is 0 Å². The van der Waals surface area contributed by atoms with Crippen LogP contribution in [0.3, 0.4) is 0 Å². The Balaban J connectivity index is 1.54. The van der Waals surface area contributed by atoms with Crippen molar-refractivity contribution in [3.05, 3.63) is 36.0 Å². The molecule has 2 amide bonds. The predicted molar refractivity (Wildman–Crippen MR) is 86.1 cm³/mol. The van der Waals surface area contributed by atoms with Crippen LogP contribution < -0.4 is 10.1 Å². The molecular formula is C16H18N4O5. The number of nitrogens with one attached hydrogen (secondary N) is 1. The van der Waals surface area contributed by atoms with Crippen LogP contribution in [-0.2, 0) is 16.1 Å². The number of anilines is 1. The van der Waals surface area contributed by atoms with Crippen molar-refractivity contribution in [1.29, 1.82) is 0 Å². The van der Waals surface area contributed by atoms with Gasteiger partial charge in [0.1, 0.15) is 5.75 Å². The third-order valence-corrected chi connectivity index (χ3v) is 3.49.